The zero-order chi connectivity index (χ0) is 6.81. The summed E-state index contributed by atoms with van der Waals surface area (Å²) in [6.45, 7) is 0. The van der Waals surface area contributed by atoms with Crippen LogP contribution in [-0.2, 0) is 0 Å². The van der Waals surface area contributed by atoms with Crippen molar-refractivity contribution in [3.8, 4) is 0 Å². The Morgan fingerprint density at radius 3 is 2.90 bits per heavy atom. The summed E-state index contributed by atoms with van der Waals surface area (Å²) in [6, 6.07) is 2.63. The molecule has 0 saturated heterocycles. The molecule has 1 aromatic rings. The van der Waals surface area contributed by atoms with Gasteiger partial charge in [-0.15, -0.1) is 0 Å². The summed E-state index contributed by atoms with van der Waals surface area (Å²) in [6.07, 6.45) is 6.04. The van der Waals surface area contributed by atoms with Gasteiger partial charge in [0.1, 0.15) is 0 Å². The van der Waals surface area contributed by atoms with Crippen LogP contribution in [0.2, 0.25) is 0 Å². The molecule has 1 N–H and O–H groups in total. The minimum absolute atomic E-state index is 0.698. The molecule has 1 heterocycles. The van der Waals surface area contributed by atoms with Crippen molar-refractivity contribution in [1.82, 2.24) is 10.2 Å². The zero-order valence-electron chi connectivity index (χ0n) is 5.62. The molecule has 0 spiro atoms. The van der Waals surface area contributed by atoms with Crippen LogP contribution in [0.4, 0.5) is 5.69 Å². The van der Waals surface area contributed by atoms with E-state index >= 15 is 0 Å². The molecule has 0 amide bonds. The number of hydrogen-bond donors (Lipinski definition) is 1. The van der Waals surface area contributed by atoms with Crippen LogP contribution in [-0.4, -0.2) is 16.2 Å². The van der Waals surface area contributed by atoms with E-state index in [2.05, 4.69) is 15.5 Å². The molecule has 0 aliphatic heterocycles. The van der Waals surface area contributed by atoms with E-state index in [9.17, 15) is 0 Å². The first-order chi connectivity index (χ1) is 4.95. The number of nitrogens with one attached hydrogen (secondary N) is 1. The second kappa shape index (κ2) is 2.25. The molecule has 2 rings (SSSR count). The van der Waals surface area contributed by atoms with Gasteiger partial charge in [0, 0.05) is 6.04 Å². The Labute approximate surface area is 59.5 Å². The van der Waals surface area contributed by atoms with Crippen LogP contribution in [0.25, 0.3) is 0 Å². The first-order valence-corrected chi connectivity index (χ1v) is 3.48. The largest absolute Gasteiger partial charge is 0.381 e. The molecule has 0 atom stereocenters. The van der Waals surface area contributed by atoms with Crippen molar-refractivity contribution in [2.45, 2.75) is 18.9 Å². The molecule has 3 heteroatoms. The minimum atomic E-state index is 0.698. The minimum Gasteiger partial charge on any atom is -0.381 e. The van der Waals surface area contributed by atoms with Crippen molar-refractivity contribution in [3.63, 3.8) is 0 Å². The van der Waals surface area contributed by atoms with Crippen molar-refractivity contribution in [1.29, 1.82) is 0 Å². The normalized spacial score (nSPS) is 16.8. The van der Waals surface area contributed by atoms with Crippen molar-refractivity contribution >= 4 is 5.69 Å². The zero-order valence-corrected chi connectivity index (χ0v) is 5.62. The molecule has 10 heavy (non-hydrogen) atoms. The van der Waals surface area contributed by atoms with Gasteiger partial charge in [0.15, 0.2) is 0 Å². The maximum absolute atomic E-state index is 3.75. The maximum atomic E-state index is 3.75. The van der Waals surface area contributed by atoms with E-state index in [4.69, 9.17) is 0 Å². The summed E-state index contributed by atoms with van der Waals surface area (Å²) in [5, 5.41) is 10.7. The van der Waals surface area contributed by atoms with E-state index in [1.54, 1.807) is 12.4 Å². The Morgan fingerprint density at radius 2 is 2.30 bits per heavy atom. The summed E-state index contributed by atoms with van der Waals surface area (Å²) >= 11 is 0. The van der Waals surface area contributed by atoms with Gasteiger partial charge in [0.2, 0.25) is 0 Å². The number of rotatable bonds is 2. The van der Waals surface area contributed by atoms with Gasteiger partial charge in [-0.1, -0.05) is 0 Å². The van der Waals surface area contributed by atoms with Crippen LogP contribution in [0.3, 0.4) is 0 Å². The van der Waals surface area contributed by atoms with Gasteiger partial charge in [-0.05, 0) is 18.9 Å². The van der Waals surface area contributed by atoms with Gasteiger partial charge < -0.3 is 5.32 Å². The summed E-state index contributed by atoms with van der Waals surface area (Å²) in [5.41, 5.74) is 1.08. The third-order valence-electron chi connectivity index (χ3n) is 1.53. The highest BCUT2D eigenvalue weighted by Gasteiger charge is 2.20. The molecule has 1 saturated carbocycles. The molecule has 1 fully saturated rings. The van der Waals surface area contributed by atoms with Gasteiger partial charge in [0.25, 0.3) is 0 Å². The fourth-order valence-electron chi connectivity index (χ4n) is 0.839. The second-order valence-corrected chi connectivity index (χ2v) is 2.55. The molecule has 0 radical (unpaired) electrons. The van der Waals surface area contributed by atoms with Crippen LogP contribution in [0.15, 0.2) is 18.5 Å². The van der Waals surface area contributed by atoms with E-state index in [-0.39, 0.29) is 0 Å². The lowest BCUT2D eigenvalue weighted by Crippen LogP contribution is -2.00. The molecule has 52 valence electrons. The predicted molar refractivity (Wildman–Crippen MR) is 38.7 cm³/mol. The van der Waals surface area contributed by atoms with Crippen LogP contribution < -0.4 is 5.32 Å². The Hall–Kier alpha value is -1.12. The highest BCUT2D eigenvalue weighted by atomic mass is 15.1. The van der Waals surface area contributed by atoms with Crippen molar-refractivity contribution in [3.05, 3.63) is 18.5 Å². The van der Waals surface area contributed by atoms with Crippen LogP contribution >= 0.6 is 0 Å². The Bertz CT molecular complexity index is 205. The van der Waals surface area contributed by atoms with Gasteiger partial charge in [-0.3, -0.25) is 0 Å². The van der Waals surface area contributed by atoms with Gasteiger partial charge in [-0.25, -0.2) is 0 Å². The standard InChI is InChI=1S/C7H9N3/c1-2-6(1)10-7-3-4-8-9-5-7/h3-6H,1-2H2,(H,8,10). The lowest BCUT2D eigenvalue weighted by Gasteiger charge is -1.99. The molecule has 3 nitrogen and oxygen atoms in total. The SMILES string of the molecule is c1cc(NC2CC2)cnn1. The first-order valence-electron chi connectivity index (χ1n) is 3.48. The van der Waals surface area contributed by atoms with E-state index in [1.807, 2.05) is 6.07 Å². The smallest absolute Gasteiger partial charge is 0.0727 e. The summed E-state index contributed by atoms with van der Waals surface area (Å²) < 4.78 is 0. The number of anilines is 1. The lowest BCUT2D eigenvalue weighted by molar-refractivity contribution is 1.02. The van der Waals surface area contributed by atoms with E-state index in [0.29, 0.717) is 6.04 Å². The molecule has 0 aromatic carbocycles. The van der Waals surface area contributed by atoms with Gasteiger partial charge in [0.05, 0.1) is 18.1 Å². The van der Waals surface area contributed by atoms with Crippen LogP contribution in [0, 0.1) is 0 Å². The van der Waals surface area contributed by atoms with Crippen LogP contribution in [0.1, 0.15) is 12.8 Å². The topological polar surface area (TPSA) is 37.8 Å². The molecular weight excluding hydrogens is 126 g/mol. The molecule has 1 aliphatic rings. The number of hydrogen-bond acceptors (Lipinski definition) is 3. The third kappa shape index (κ3) is 1.23. The van der Waals surface area contributed by atoms with Gasteiger partial charge >= 0.3 is 0 Å². The summed E-state index contributed by atoms with van der Waals surface area (Å²) in [5.74, 6) is 0. The molecule has 1 aromatic heterocycles. The summed E-state index contributed by atoms with van der Waals surface area (Å²) in [7, 11) is 0. The number of aromatic nitrogens is 2. The Morgan fingerprint density at radius 1 is 1.40 bits per heavy atom. The maximum Gasteiger partial charge on any atom is 0.0727 e. The highest BCUT2D eigenvalue weighted by molar-refractivity contribution is 5.40. The molecule has 0 bridgehead atoms. The second-order valence-electron chi connectivity index (χ2n) is 2.55. The molecule has 1 aliphatic carbocycles. The van der Waals surface area contributed by atoms with Crippen LogP contribution in [0.5, 0.6) is 0 Å². The number of nitrogens with zero attached hydrogens (tertiary/aromatic N) is 2. The first kappa shape index (κ1) is 5.65. The highest BCUT2D eigenvalue weighted by Crippen LogP contribution is 2.23. The van der Waals surface area contributed by atoms with Crippen molar-refractivity contribution in [2.75, 3.05) is 5.32 Å². The monoisotopic (exact) mass is 135 g/mol. The average molecular weight is 135 g/mol. The molecule has 0 unspecified atom stereocenters. The Kier molecular flexibility index (Phi) is 1.27. The van der Waals surface area contributed by atoms with Crippen molar-refractivity contribution < 1.29 is 0 Å². The van der Waals surface area contributed by atoms with E-state index in [0.717, 1.165) is 5.69 Å². The lowest BCUT2D eigenvalue weighted by atomic mass is 10.4. The Balaban J connectivity index is 2.03. The summed E-state index contributed by atoms with van der Waals surface area (Å²) in [4.78, 5) is 0. The fourth-order valence-corrected chi connectivity index (χ4v) is 0.839. The van der Waals surface area contributed by atoms with E-state index in [1.165, 1.54) is 12.8 Å². The van der Waals surface area contributed by atoms with Crippen molar-refractivity contribution in [2.24, 2.45) is 0 Å². The average Bonchev–Trinajstić information content (AvgIpc) is 2.74. The van der Waals surface area contributed by atoms with E-state index < -0.39 is 0 Å². The molecular formula is C7H9N3. The fraction of sp³-hybridized carbons (Fsp3) is 0.429. The quantitative estimate of drug-likeness (QED) is 0.658. The predicted octanol–water partition coefficient (Wildman–Crippen LogP) is 1.05. The third-order valence-corrected chi connectivity index (χ3v) is 1.53. The van der Waals surface area contributed by atoms with Gasteiger partial charge in [-0.2, -0.15) is 10.2 Å².